The van der Waals surface area contributed by atoms with Crippen LogP contribution in [0.15, 0.2) is 53.5 Å². The van der Waals surface area contributed by atoms with Crippen molar-refractivity contribution in [2.24, 2.45) is 12.0 Å². The van der Waals surface area contributed by atoms with Crippen molar-refractivity contribution in [2.75, 3.05) is 11.9 Å². The van der Waals surface area contributed by atoms with Crippen molar-refractivity contribution < 1.29 is 9.84 Å². The predicted molar refractivity (Wildman–Crippen MR) is 126 cm³/mol. The summed E-state index contributed by atoms with van der Waals surface area (Å²) in [5.74, 6) is 0.377. The van der Waals surface area contributed by atoms with Crippen molar-refractivity contribution in [3.05, 3.63) is 64.8 Å². The zero-order chi connectivity index (χ0) is 22.7. The third-order valence-electron chi connectivity index (χ3n) is 5.14. The number of nitrogens with zero attached hydrogens (tertiary/aromatic N) is 6. The molecule has 0 aliphatic carbocycles. The molecule has 162 valence electrons. The number of aryl methyl sites for hydroxylation is 1. The summed E-state index contributed by atoms with van der Waals surface area (Å²) in [6.07, 6.45) is 3.15. The van der Waals surface area contributed by atoms with Crippen LogP contribution >= 0.6 is 0 Å². The minimum atomic E-state index is -0.175. The van der Waals surface area contributed by atoms with Gasteiger partial charge in [0.05, 0.1) is 34.5 Å². The van der Waals surface area contributed by atoms with E-state index in [2.05, 4.69) is 43.8 Å². The maximum atomic E-state index is 10.2. The topological polar surface area (TPSA) is 88.7 Å². The molecule has 0 saturated heterocycles. The van der Waals surface area contributed by atoms with Crippen LogP contribution in [0.3, 0.4) is 0 Å². The number of hydrogen-bond acceptors (Lipinski definition) is 7. The number of aromatic nitrogens is 4. The molecule has 0 aliphatic heterocycles. The van der Waals surface area contributed by atoms with E-state index in [1.54, 1.807) is 13.0 Å². The van der Waals surface area contributed by atoms with E-state index in [-0.39, 0.29) is 11.9 Å². The minimum absolute atomic E-state index is 0.0315. The lowest BCUT2D eigenvalue weighted by Crippen LogP contribution is -2.29. The van der Waals surface area contributed by atoms with Crippen molar-refractivity contribution in [1.82, 2.24) is 19.7 Å². The highest BCUT2D eigenvalue weighted by Gasteiger charge is 2.11. The van der Waals surface area contributed by atoms with Gasteiger partial charge in [0, 0.05) is 25.2 Å². The molecular weight excluding hydrogens is 404 g/mol. The molecule has 0 unspecified atom stereocenters. The first-order chi connectivity index (χ1) is 15.5. The summed E-state index contributed by atoms with van der Waals surface area (Å²) in [4.78, 5) is 14.2. The first-order valence-electron chi connectivity index (χ1n) is 10.1. The molecule has 8 heteroatoms. The van der Waals surface area contributed by atoms with Gasteiger partial charge in [-0.25, -0.2) is 0 Å². The fourth-order valence-electron chi connectivity index (χ4n) is 3.56. The van der Waals surface area contributed by atoms with E-state index < -0.39 is 0 Å². The quantitative estimate of drug-likeness (QED) is 0.475. The summed E-state index contributed by atoms with van der Waals surface area (Å²) in [6, 6.07) is 15.8. The van der Waals surface area contributed by atoms with E-state index in [4.69, 9.17) is 4.74 Å². The Labute approximate surface area is 185 Å². The van der Waals surface area contributed by atoms with Gasteiger partial charge in [-0.1, -0.05) is 24.3 Å². The standard InChI is InChI=1S/C24H24N6O2/c1-5-18-20(14-25-2)26-24(27-23(18)31)32-17-12-10-16(11-13-17)29(3)15-21-19-8-6-7-9-22(19)30(4)28-21/h5-14H,2,15H2,1,3-4H3,(H,26,27,31)/b18-5+,20-14+. The van der Waals surface area contributed by atoms with Crippen LogP contribution in [0, 0.1) is 0 Å². The van der Waals surface area contributed by atoms with E-state index in [1.165, 1.54) is 6.20 Å². The number of benzene rings is 2. The SMILES string of the molecule is C=N/C=c1/nc(Oc2ccc(N(C)Cc3nn(C)c4ccccc34)cc2)nc(O)/c1=C/C. The van der Waals surface area contributed by atoms with Crippen molar-refractivity contribution in [3.8, 4) is 17.6 Å². The van der Waals surface area contributed by atoms with Crippen LogP contribution in [0.25, 0.3) is 23.2 Å². The Balaban J connectivity index is 1.53. The molecule has 4 aromatic rings. The van der Waals surface area contributed by atoms with Crippen LogP contribution in [0.1, 0.15) is 12.6 Å². The maximum Gasteiger partial charge on any atom is 0.325 e. The lowest BCUT2D eigenvalue weighted by molar-refractivity contribution is 0.400. The summed E-state index contributed by atoms with van der Waals surface area (Å²) in [5.41, 5.74) is 3.14. The molecule has 0 radical (unpaired) electrons. The highest BCUT2D eigenvalue weighted by atomic mass is 16.5. The monoisotopic (exact) mass is 428 g/mol. The minimum Gasteiger partial charge on any atom is -0.493 e. The molecule has 4 rings (SSSR count). The molecule has 0 atom stereocenters. The lowest BCUT2D eigenvalue weighted by Gasteiger charge is -2.18. The van der Waals surface area contributed by atoms with Gasteiger partial charge in [0.15, 0.2) is 0 Å². The van der Waals surface area contributed by atoms with Crippen molar-refractivity contribution in [1.29, 1.82) is 0 Å². The second kappa shape index (κ2) is 8.89. The van der Waals surface area contributed by atoms with Crippen LogP contribution in [0.2, 0.25) is 0 Å². The third-order valence-corrected chi connectivity index (χ3v) is 5.14. The highest BCUT2D eigenvalue weighted by Crippen LogP contribution is 2.24. The average Bonchev–Trinajstić information content (AvgIpc) is 3.10. The van der Waals surface area contributed by atoms with Crippen LogP contribution in [-0.4, -0.2) is 38.6 Å². The normalized spacial score (nSPS) is 12.3. The van der Waals surface area contributed by atoms with Crippen LogP contribution < -0.4 is 20.2 Å². The number of hydrogen-bond donors (Lipinski definition) is 1. The van der Waals surface area contributed by atoms with E-state index in [0.29, 0.717) is 22.9 Å². The molecule has 2 aromatic heterocycles. The van der Waals surface area contributed by atoms with Crippen LogP contribution in [0.4, 0.5) is 5.69 Å². The third kappa shape index (κ3) is 4.15. The fraction of sp³-hybridized carbons (Fsp3) is 0.167. The number of para-hydroxylation sites is 1. The van der Waals surface area contributed by atoms with E-state index in [9.17, 15) is 5.11 Å². The second-order valence-corrected chi connectivity index (χ2v) is 7.27. The Morgan fingerprint density at radius 2 is 1.91 bits per heavy atom. The summed E-state index contributed by atoms with van der Waals surface area (Å²) in [7, 11) is 3.97. The summed E-state index contributed by atoms with van der Waals surface area (Å²) in [6.45, 7) is 5.88. The predicted octanol–water partition coefficient (Wildman–Crippen LogP) is 2.74. The number of aromatic hydroxyl groups is 1. The molecule has 2 aromatic carbocycles. The molecule has 0 aliphatic rings. The lowest BCUT2D eigenvalue weighted by atomic mass is 10.2. The summed E-state index contributed by atoms with van der Waals surface area (Å²) >= 11 is 0. The largest absolute Gasteiger partial charge is 0.493 e. The molecule has 0 bridgehead atoms. The number of aliphatic imine (C=N–C) groups is 1. The van der Waals surface area contributed by atoms with Gasteiger partial charge < -0.3 is 14.7 Å². The molecule has 32 heavy (non-hydrogen) atoms. The zero-order valence-electron chi connectivity index (χ0n) is 18.2. The zero-order valence-corrected chi connectivity index (χ0v) is 18.2. The van der Waals surface area contributed by atoms with Gasteiger partial charge in [0.2, 0.25) is 5.88 Å². The average molecular weight is 428 g/mol. The smallest absolute Gasteiger partial charge is 0.325 e. The molecule has 1 N–H and O–H groups in total. The highest BCUT2D eigenvalue weighted by molar-refractivity contribution is 5.82. The summed E-state index contributed by atoms with van der Waals surface area (Å²) in [5, 5.41) is 16.9. The van der Waals surface area contributed by atoms with Crippen molar-refractivity contribution in [3.63, 3.8) is 0 Å². The molecule has 2 heterocycles. The second-order valence-electron chi connectivity index (χ2n) is 7.27. The van der Waals surface area contributed by atoms with Gasteiger partial charge in [0.1, 0.15) is 5.75 Å². The molecule has 8 nitrogen and oxygen atoms in total. The number of ether oxygens (including phenoxy) is 1. The van der Waals surface area contributed by atoms with Crippen molar-refractivity contribution >= 4 is 35.6 Å². The molecular formula is C24H24N6O2. The van der Waals surface area contributed by atoms with Gasteiger partial charge in [-0.2, -0.15) is 15.1 Å². The molecule has 0 saturated carbocycles. The van der Waals surface area contributed by atoms with E-state index in [0.717, 1.165) is 22.3 Å². The molecule has 0 amide bonds. The molecule has 0 fully saturated rings. The van der Waals surface area contributed by atoms with E-state index in [1.807, 2.05) is 55.2 Å². The van der Waals surface area contributed by atoms with Gasteiger partial charge in [-0.3, -0.25) is 9.67 Å². The van der Waals surface area contributed by atoms with Gasteiger partial charge >= 0.3 is 6.01 Å². The first kappa shape index (κ1) is 21.0. The Bertz CT molecular complexity index is 1390. The maximum absolute atomic E-state index is 10.2. The van der Waals surface area contributed by atoms with Crippen LogP contribution in [-0.2, 0) is 13.6 Å². The van der Waals surface area contributed by atoms with Crippen molar-refractivity contribution in [2.45, 2.75) is 13.5 Å². The Hall–Kier alpha value is -4.20. The van der Waals surface area contributed by atoms with Gasteiger partial charge in [0.25, 0.3) is 0 Å². The van der Waals surface area contributed by atoms with Gasteiger partial charge in [-0.15, -0.1) is 0 Å². The fourth-order valence-corrected chi connectivity index (χ4v) is 3.56. The van der Waals surface area contributed by atoms with Crippen LogP contribution in [0.5, 0.6) is 17.6 Å². The van der Waals surface area contributed by atoms with E-state index >= 15 is 0 Å². The van der Waals surface area contributed by atoms with Gasteiger partial charge in [-0.05, 0) is 44.0 Å². The number of fused-ring (bicyclic) bond motifs is 1. The number of rotatable bonds is 6. The Morgan fingerprint density at radius 3 is 2.62 bits per heavy atom. The number of anilines is 1. The molecule has 0 spiro atoms. The Kier molecular flexibility index (Phi) is 5.85. The summed E-state index contributed by atoms with van der Waals surface area (Å²) < 4.78 is 7.65. The Morgan fingerprint density at radius 1 is 1.16 bits per heavy atom. The first-order valence-corrected chi connectivity index (χ1v) is 10.1.